The zero-order valence-corrected chi connectivity index (χ0v) is 6.04. The van der Waals surface area contributed by atoms with Crippen molar-refractivity contribution >= 4 is 0 Å². The molecule has 0 radical (unpaired) electrons. The van der Waals surface area contributed by atoms with Gasteiger partial charge in [0.15, 0.2) is 0 Å². The molecule has 2 fully saturated rings. The lowest BCUT2D eigenvalue weighted by Gasteiger charge is -2.09. The van der Waals surface area contributed by atoms with Gasteiger partial charge < -0.3 is 4.74 Å². The van der Waals surface area contributed by atoms with Gasteiger partial charge in [-0.2, -0.15) is 0 Å². The summed E-state index contributed by atoms with van der Waals surface area (Å²) in [6.07, 6.45) is 1.82. The summed E-state index contributed by atoms with van der Waals surface area (Å²) in [7, 11) is 0. The second-order valence-corrected chi connectivity index (χ2v) is 2.59. The molecule has 0 amide bonds. The van der Waals surface area contributed by atoms with Crippen LogP contribution >= 0.6 is 0 Å². The van der Waals surface area contributed by atoms with Gasteiger partial charge in [-0.25, -0.2) is 5.43 Å². The molecular formula is C6H12N2O2. The monoisotopic (exact) mass is 144 g/mol. The van der Waals surface area contributed by atoms with Crippen LogP contribution in [0.3, 0.4) is 0 Å². The second-order valence-electron chi connectivity index (χ2n) is 2.59. The van der Waals surface area contributed by atoms with E-state index < -0.39 is 0 Å². The molecule has 4 heteroatoms. The third-order valence-corrected chi connectivity index (χ3v) is 1.75. The maximum Gasteiger partial charge on any atom is 0.118 e. The van der Waals surface area contributed by atoms with Crippen molar-refractivity contribution < 1.29 is 9.57 Å². The third kappa shape index (κ3) is 1.15. The zero-order chi connectivity index (χ0) is 6.97. The van der Waals surface area contributed by atoms with E-state index in [-0.39, 0.29) is 6.10 Å². The lowest BCUT2D eigenvalue weighted by Crippen LogP contribution is -2.20. The van der Waals surface area contributed by atoms with Gasteiger partial charge in [-0.3, -0.25) is 4.84 Å². The van der Waals surface area contributed by atoms with Crippen molar-refractivity contribution in [1.29, 1.82) is 0 Å². The van der Waals surface area contributed by atoms with E-state index in [0.29, 0.717) is 6.17 Å². The SMILES string of the molecule is CCOCC1CC2NN2O1. The number of hydrazine groups is 1. The first-order valence-electron chi connectivity index (χ1n) is 3.70. The summed E-state index contributed by atoms with van der Waals surface area (Å²) in [5.41, 5.74) is 3.03. The zero-order valence-electron chi connectivity index (χ0n) is 6.04. The third-order valence-electron chi connectivity index (χ3n) is 1.75. The van der Waals surface area contributed by atoms with Crippen molar-refractivity contribution in [3.05, 3.63) is 0 Å². The summed E-state index contributed by atoms with van der Waals surface area (Å²) >= 11 is 0. The van der Waals surface area contributed by atoms with Gasteiger partial charge in [0, 0.05) is 13.0 Å². The van der Waals surface area contributed by atoms with Crippen LogP contribution in [0.5, 0.6) is 0 Å². The van der Waals surface area contributed by atoms with Gasteiger partial charge in [0.2, 0.25) is 0 Å². The van der Waals surface area contributed by atoms with Crippen molar-refractivity contribution in [3.8, 4) is 0 Å². The highest BCUT2D eigenvalue weighted by atomic mass is 16.8. The molecule has 0 aromatic carbocycles. The second kappa shape index (κ2) is 2.47. The van der Waals surface area contributed by atoms with E-state index in [1.807, 2.05) is 6.92 Å². The van der Waals surface area contributed by atoms with E-state index >= 15 is 0 Å². The van der Waals surface area contributed by atoms with Crippen molar-refractivity contribution in [2.24, 2.45) is 0 Å². The molecule has 2 aliphatic rings. The number of hydrogen-bond donors (Lipinski definition) is 1. The molecular weight excluding hydrogens is 132 g/mol. The van der Waals surface area contributed by atoms with Gasteiger partial charge in [-0.05, 0) is 6.92 Å². The highest BCUT2D eigenvalue weighted by Gasteiger charge is 2.45. The summed E-state index contributed by atoms with van der Waals surface area (Å²) in [5, 5.41) is 1.78. The molecule has 10 heavy (non-hydrogen) atoms. The number of ether oxygens (including phenoxy) is 1. The van der Waals surface area contributed by atoms with Gasteiger partial charge in [0.25, 0.3) is 0 Å². The highest BCUT2D eigenvalue weighted by Crippen LogP contribution is 2.26. The van der Waals surface area contributed by atoms with Crippen molar-refractivity contribution in [1.82, 2.24) is 10.6 Å². The minimum Gasteiger partial charge on any atom is -0.379 e. The van der Waals surface area contributed by atoms with Crippen LogP contribution in [0.25, 0.3) is 0 Å². The fraction of sp³-hybridized carbons (Fsp3) is 1.00. The fourth-order valence-electron chi connectivity index (χ4n) is 1.17. The predicted molar refractivity (Wildman–Crippen MR) is 34.7 cm³/mol. The Hall–Kier alpha value is -0.160. The molecule has 3 atom stereocenters. The molecule has 3 unspecified atom stereocenters. The molecule has 0 spiro atoms. The van der Waals surface area contributed by atoms with Crippen LogP contribution in [0.1, 0.15) is 13.3 Å². The molecule has 0 aliphatic carbocycles. The topological polar surface area (TPSA) is 43.4 Å². The van der Waals surface area contributed by atoms with E-state index in [0.717, 1.165) is 19.6 Å². The van der Waals surface area contributed by atoms with Gasteiger partial charge >= 0.3 is 0 Å². The molecule has 0 aromatic rings. The average Bonchev–Trinajstić information content (AvgIpc) is 2.56. The normalized spacial score (nSPS) is 43.5. The molecule has 2 saturated heterocycles. The largest absolute Gasteiger partial charge is 0.379 e. The Bertz CT molecular complexity index is 121. The molecule has 4 nitrogen and oxygen atoms in total. The Morgan fingerprint density at radius 1 is 1.80 bits per heavy atom. The molecule has 58 valence electrons. The average molecular weight is 144 g/mol. The van der Waals surface area contributed by atoms with Gasteiger partial charge in [-0.1, -0.05) is 0 Å². The summed E-state index contributed by atoms with van der Waals surface area (Å²) in [6.45, 7) is 3.50. The Balaban J connectivity index is 1.66. The summed E-state index contributed by atoms with van der Waals surface area (Å²) in [4.78, 5) is 5.33. The van der Waals surface area contributed by atoms with E-state index in [4.69, 9.17) is 9.57 Å². The molecule has 0 bridgehead atoms. The van der Waals surface area contributed by atoms with Gasteiger partial charge in [-0.15, -0.1) is 5.17 Å². The van der Waals surface area contributed by atoms with Crippen LogP contribution in [-0.4, -0.2) is 30.7 Å². The molecule has 1 N–H and O–H groups in total. The Labute approximate surface area is 60.0 Å². The Morgan fingerprint density at radius 3 is 3.30 bits per heavy atom. The summed E-state index contributed by atoms with van der Waals surface area (Å²) in [5.74, 6) is 0. The van der Waals surface area contributed by atoms with Crippen molar-refractivity contribution in [2.75, 3.05) is 13.2 Å². The van der Waals surface area contributed by atoms with Crippen molar-refractivity contribution in [3.63, 3.8) is 0 Å². The van der Waals surface area contributed by atoms with Crippen LogP contribution < -0.4 is 5.43 Å². The minimum atomic E-state index is 0.284. The maximum absolute atomic E-state index is 5.33. The number of rotatable bonds is 3. The first-order chi connectivity index (χ1) is 4.90. The van der Waals surface area contributed by atoms with Crippen LogP contribution in [0.15, 0.2) is 0 Å². The maximum atomic E-state index is 5.33. The van der Waals surface area contributed by atoms with Crippen molar-refractivity contribution in [2.45, 2.75) is 25.6 Å². The number of nitrogens with one attached hydrogen (secondary N) is 1. The fourth-order valence-corrected chi connectivity index (χ4v) is 1.17. The number of hydrogen-bond acceptors (Lipinski definition) is 4. The molecule has 0 aromatic heterocycles. The molecule has 2 aliphatic heterocycles. The van der Waals surface area contributed by atoms with Crippen LogP contribution in [0.4, 0.5) is 0 Å². The Morgan fingerprint density at radius 2 is 2.70 bits per heavy atom. The number of nitrogens with zero attached hydrogens (tertiary/aromatic N) is 1. The quantitative estimate of drug-likeness (QED) is 0.560. The molecule has 2 rings (SSSR count). The first kappa shape index (κ1) is 6.54. The highest BCUT2D eigenvalue weighted by molar-refractivity contribution is 4.82. The van der Waals surface area contributed by atoms with E-state index in [1.54, 1.807) is 5.17 Å². The van der Waals surface area contributed by atoms with Gasteiger partial charge in [0.1, 0.15) is 12.3 Å². The summed E-state index contributed by atoms with van der Waals surface area (Å²) < 4.78 is 5.21. The Kier molecular flexibility index (Phi) is 1.61. The standard InChI is InChI=1S/C6H12N2O2/c1-2-9-4-5-3-6-7-8(6)10-5/h5-7H,2-4H2,1H3. The van der Waals surface area contributed by atoms with Crippen LogP contribution in [0, 0.1) is 0 Å². The van der Waals surface area contributed by atoms with E-state index in [1.165, 1.54) is 0 Å². The van der Waals surface area contributed by atoms with E-state index in [9.17, 15) is 0 Å². The summed E-state index contributed by atoms with van der Waals surface area (Å²) in [6, 6.07) is 0. The van der Waals surface area contributed by atoms with E-state index in [2.05, 4.69) is 5.43 Å². The molecule has 2 heterocycles. The number of fused-ring (bicyclic) bond motifs is 1. The van der Waals surface area contributed by atoms with Gasteiger partial charge in [0.05, 0.1) is 6.61 Å². The lowest BCUT2D eigenvalue weighted by molar-refractivity contribution is -0.122. The van der Waals surface area contributed by atoms with Crippen LogP contribution in [-0.2, 0) is 9.57 Å². The molecule has 0 saturated carbocycles. The smallest absolute Gasteiger partial charge is 0.118 e. The lowest BCUT2D eigenvalue weighted by atomic mass is 10.3. The number of hydroxylamine groups is 1. The first-order valence-corrected chi connectivity index (χ1v) is 3.70. The van der Waals surface area contributed by atoms with Crippen LogP contribution in [0.2, 0.25) is 0 Å². The predicted octanol–water partition coefficient (Wildman–Crippen LogP) is -0.127. The minimum absolute atomic E-state index is 0.284.